The topological polar surface area (TPSA) is 38.7 Å². The molecule has 0 saturated heterocycles. The monoisotopic (exact) mass is 316 g/mol. The van der Waals surface area contributed by atoms with E-state index in [4.69, 9.17) is 9.47 Å². The third-order valence-electron chi connectivity index (χ3n) is 2.72. The molecule has 1 rings (SSSR count). The number of methoxy groups -OCH3 is 1. The molecule has 102 valence electrons. The Bertz CT molecular complexity index is 355. The van der Waals surface area contributed by atoms with Gasteiger partial charge < -0.3 is 14.6 Å². The Kier molecular flexibility index (Phi) is 7.32. The van der Waals surface area contributed by atoms with Crippen LogP contribution in [-0.4, -0.2) is 31.5 Å². The average Bonchev–Trinajstić information content (AvgIpc) is 2.35. The molecule has 1 aromatic rings. The molecule has 0 aliphatic rings. The van der Waals surface area contributed by atoms with Crippen molar-refractivity contribution in [2.75, 3.05) is 20.3 Å². The minimum Gasteiger partial charge on any atom is -0.496 e. The summed E-state index contributed by atoms with van der Waals surface area (Å²) in [5.74, 6) is 0.810. The van der Waals surface area contributed by atoms with Gasteiger partial charge in [-0.2, -0.15) is 0 Å². The minimum absolute atomic E-state index is 0.314. The van der Waals surface area contributed by atoms with E-state index in [0.29, 0.717) is 6.42 Å². The number of aliphatic hydroxyl groups excluding tert-OH is 1. The third-order valence-corrected chi connectivity index (χ3v) is 3.34. The zero-order valence-electron chi connectivity index (χ0n) is 11.0. The summed E-state index contributed by atoms with van der Waals surface area (Å²) >= 11 is 3.44. The standard InChI is InChI=1S/C14H21BrO3/c1-3-18-8-4-5-12(16)9-11-6-7-14(17-2)13(15)10-11/h6-7,10,12,16H,3-5,8-9H2,1-2H3. The smallest absolute Gasteiger partial charge is 0.133 e. The van der Waals surface area contributed by atoms with Crippen molar-refractivity contribution in [3.05, 3.63) is 28.2 Å². The van der Waals surface area contributed by atoms with Crippen molar-refractivity contribution in [3.63, 3.8) is 0 Å². The van der Waals surface area contributed by atoms with Crippen molar-refractivity contribution in [2.24, 2.45) is 0 Å². The van der Waals surface area contributed by atoms with Crippen LogP contribution in [0.5, 0.6) is 5.75 Å². The first-order valence-electron chi connectivity index (χ1n) is 6.25. The molecule has 4 heteroatoms. The molecule has 0 bridgehead atoms. The van der Waals surface area contributed by atoms with Crippen molar-refractivity contribution in [1.29, 1.82) is 0 Å². The van der Waals surface area contributed by atoms with Crippen molar-refractivity contribution in [1.82, 2.24) is 0 Å². The highest BCUT2D eigenvalue weighted by Gasteiger charge is 2.07. The van der Waals surface area contributed by atoms with E-state index in [9.17, 15) is 5.11 Å². The molecule has 0 amide bonds. The number of halogens is 1. The summed E-state index contributed by atoms with van der Waals surface area (Å²) in [5.41, 5.74) is 1.10. The lowest BCUT2D eigenvalue weighted by Gasteiger charge is -2.12. The molecule has 1 unspecified atom stereocenters. The van der Waals surface area contributed by atoms with Gasteiger partial charge in [-0.05, 0) is 59.8 Å². The predicted molar refractivity (Wildman–Crippen MR) is 76.1 cm³/mol. The van der Waals surface area contributed by atoms with Gasteiger partial charge in [0.2, 0.25) is 0 Å². The average molecular weight is 317 g/mol. The van der Waals surface area contributed by atoms with E-state index in [1.165, 1.54) is 0 Å². The quantitative estimate of drug-likeness (QED) is 0.749. The van der Waals surface area contributed by atoms with Gasteiger partial charge in [0, 0.05) is 13.2 Å². The minimum atomic E-state index is -0.314. The number of rotatable bonds is 8. The van der Waals surface area contributed by atoms with Gasteiger partial charge in [-0.1, -0.05) is 6.07 Å². The fourth-order valence-electron chi connectivity index (χ4n) is 1.78. The van der Waals surface area contributed by atoms with Crippen LogP contribution in [0.15, 0.2) is 22.7 Å². The first-order chi connectivity index (χ1) is 8.67. The Hall–Kier alpha value is -0.580. The van der Waals surface area contributed by atoms with Gasteiger partial charge in [-0.3, -0.25) is 0 Å². The summed E-state index contributed by atoms with van der Waals surface area (Å²) in [5, 5.41) is 9.92. The molecule has 0 aromatic heterocycles. The lowest BCUT2D eigenvalue weighted by atomic mass is 10.0. The highest BCUT2D eigenvalue weighted by molar-refractivity contribution is 9.10. The summed E-state index contributed by atoms with van der Waals surface area (Å²) in [6.07, 6.45) is 2.01. The first kappa shape index (κ1) is 15.5. The predicted octanol–water partition coefficient (Wildman–Crippen LogP) is 3.18. The molecule has 0 saturated carbocycles. The Morgan fingerprint density at radius 3 is 2.78 bits per heavy atom. The molecular weight excluding hydrogens is 296 g/mol. The van der Waals surface area contributed by atoms with Gasteiger partial charge in [0.25, 0.3) is 0 Å². The van der Waals surface area contributed by atoms with Gasteiger partial charge >= 0.3 is 0 Å². The van der Waals surface area contributed by atoms with Gasteiger partial charge in [-0.15, -0.1) is 0 Å². The van der Waals surface area contributed by atoms with Gasteiger partial charge in [0.1, 0.15) is 5.75 Å². The van der Waals surface area contributed by atoms with Crippen LogP contribution in [0.25, 0.3) is 0 Å². The summed E-state index contributed by atoms with van der Waals surface area (Å²) in [6, 6.07) is 5.88. The van der Waals surface area contributed by atoms with E-state index < -0.39 is 0 Å². The van der Waals surface area contributed by atoms with Crippen molar-refractivity contribution in [3.8, 4) is 5.75 Å². The second-order valence-corrected chi connectivity index (χ2v) is 5.02. The highest BCUT2D eigenvalue weighted by atomic mass is 79.9. The molecular formula is C14H21BrO3. The lowest BCUT2D eigenvalue weighted by molar-refractivity contribution is 0.114. The fourth-order valence-corrected chi connectivity index (χ4v) is 2.36. The van der Waals surface area contributed by atoms with Crippen LogP contribution in [0.2, 0.25) is 0 Å². The van der Waals surface area contributed by atoms with Crippen LogP contribution in [0.1, 0.15) is 25.3 Å². The van der Waals surface area contributed by atoms with E-state index >= 15 is 0 Å². The van der Waals surface area contributed by atoms with Crippen molar-refractivity contribution < 1.29 is 14.6 Å². The first-order valence-corrected chi connectivity index (χ1v) is 7.05. The number of benzene rings is 1. The van der Waals surface area contributed by atoms with Gasteiger partial charge in [0.15, 0.2) is 0 Å². The fraction of sp³-hybridized carbons (Fsp3) is 0.571. The second-order valence-electron chi connectivity index (χ2n) is 4.17. The van der Waals surface area contributed by atoms with E-state index in [0.717, 1.165) is 41.8 Å². The Morgan fingerprint density at radius 1 is 1.39 bits per heavy atom. The van der Waals surface area contributed by atoms with Crippen molar-refractivity contribution >= 4 is 15.9 Å². The SMILES string of the molecule is CCOCCCC(O)Cc1ccc(OC)c(Br)c1. The molecule has 0 aliphatic heterocycles. The molecule has 0 aliphatic carbocycles. The molecule has 0 fully saturated rings. The molecule has 0 spiro atoms. The lowest BCUT2D eigenvalue weighted by Crippen LogP contribution is -2.11. The number of aliphatic hydroxyl groups is 1. The number of ether oxygens (including phenoxy) is 2. The molecule has 1 atom stereocenters. The van der Waals surface area contributed by atoms with Crippen LogP contribution in [0.4, 0.5) is 0 Å². The normalized spacial score (nSPS) is 12.4. The Labute approximate surface area is 117 Å². The highest BCUT2D eigenvalue weighted by Crippen LogP contribution is 2.26. The largest absolute Gasteiger partial charge is 0.496 e. The second kappa shape index (κ2) is 8.51. The van der Waals surface area contributed by atoms with E-state index in [-0.39, 0.29) is 6.10 Å². The summed E-state index contributed by atoms with van der Waals surface area (Å²) < 4.78 is 11.3. The number of hydrogen-bond acceptors (Lipinski definition) is 3. The molecule has 1 N–H and O–H groups in total. The zero-order valence-corrected chi connectivity index (χ0v) is 12.6. The molecule has 1 aromatic carbocycles. The van der Waals surface area contributed by atoms with Crippen LogP contribution in [0.3, 0.4) is 0 Å². The maximum absolute atomic E-state index is 9.92. The Balaban J connectivity index is 2.39. The van der Waals surface area contributed by atoms with Crippen LogP contribution >= 0.6 is 15.9 Å². The van der Waals surface area contributed by atoms with Crippen LogP contribution in [0, 0.1) is 0 Å². The zero-order chi connectivity index (χ0) is 13.4. The summed E-state index contributed by atoms with van der Waals surface area (Å²) in [7, 11) is 1.64. The van der Waals surface area contributed by atoms with Crippen LogP contribution < -0.4 is 4.74 Å². The summed E-state index contributed by atoms with van der Waals surface area (Å²) in [6.45, 7) is 3.44. The van der Waals surface area contributed by atoms with E-state index in [1.807, 2.05) is 25.1 Å². The molecule has 0 heterocycles. The van der Waals surface area contributed by atoms with E-state index in [2.05, 4.69) is 15.9 Å². The van der Waals surface area contributed by atoms with Gasteiger partial charge in [0.05, 0.1) is 17.7 Å². The number of hydrogen-bond donors (Lipinski definition) is 1. The molecule has 18 heavy (non-hydrogen) atoms. The van der Waals surface area contributed by atoms with E-state index in [1.54, 1.807) is 7.11 Å². The Morgan fingerprint density at radius 2 is 2.17 bits per heavy atom. The molecule has 0 radical (unpaired) electrons. The van der Waals surface area contributed by atoms with Crippen molar-refractivity contribution in [2.45, 2.75) is 32.3 Å². The maximum Gasteiger partial charge on any atom is 0.133 e. The molecule has 3 nitrogen and oxygen atoms in total. The summed E-state index contributed by atoms with van der Waals surface area (Å²) in [4.78, 5) is 0. The third kappa shape index (κ3) is 5.38. The maximum atomic E-state index is 9.92. The van der Waals surface area contributed by atoms with Gasteiger partial charge in [-0.25, -0.2) is 0 Å². The van der Waals surface area contributed by atoms with Crippen LogP contribution in [-0.2, 0) is 11.2 Å².